The molecular weight excluding hydrogens is 214 g/mol. The van der Waals surface area contributed by atoms with Crippen LogP contribution in [0.25, 0.3) is 0 Å². The molecule has 1 unspecified atom stereocenters. The summed E-state index contributed by atoms with van der Waals surface area (Å²) in [6, 6.07) is 3.27. The first-order chi connectivity index (χ1) is 7.09. The molecule has 0 aromatic carbocycles. The van der Waals surface area contributed by atoms with Crippen LogP contribution < -0.4 is 5.32 Å². The van der Waals surface area contributed by atoms with Crippen molar-refractivity contribution in [1.29, 1.82) is 0 Å². The van der Waals surface area contributed by atoms with E-state index in [0.29, 0.717) is 13.0 Å². The molecule has 2 atom stereocenters. The highest BCUT2D eigenvalue weighted by Gasteiger charge is 2.40. The number of nitrogens with one attached hydrogen (secondary N) is 1. The first kappa shape index (κ1) is 10.6. The van der Waals surface area contributed by atoms with Crippen molar-refractivity contribution >= 4 is 17.3 Å². The quantitative estimate of drug-likeness (QED) is 0.702. The topological polar surface area (TPSA) is 69.6 Å². The molecule has 5 heteroatoms. The predicted octanol–water partition coefficient (Wildman–Crippen LogP) is 0.468. The highest BCUT2D eigenvalue weighted by atomic mass is 32.1. The van der Waals surface area contributed by atoms with E-state index >= 15 is 0 Å². The molecule has 0 saturated carbocycles. The van der Waals surface area contributed by atoms with Gasteiger partial charge in [0.1, 0.15) is 6.04 Å². The van der Waals surface area contributed by atoms with Crippen LogP contribution in [0.2, 0.25) is 0 Å². The molecule has 0 bridgehead atoms. The van der Waals surface area contributed by atoms with Gasteiger partial charge in [-0.3, -0.25) is 4.79 Å². The van der Waals surface area contributed by atoms with Crippen molar-refractivity contribution in [3.63, 3.8) is 0 Å². The van der Waals surface area contributed by atoms with Crippen LogP contribution in [0.5, 0.6) is 0 Å². The summed E-state index contributed by atoms with van der Waals surface area (Å²) in [4.78, 5) is 11.8. The van der Waals surface area contributed by atoms with Gasteiger partial charge in [-0.25, -0.2) is 0 Å². The summed E-state index contributed by atoms with van der Waals surface area (Å²) < 4.78 is 0. The summed E-state index contributed by atoms with van der Waals surface area (Å²) >= 11 is 1.58. The standard InChI is InChI=1S/C10H13NO3S/c12-9(13)8-5-10(14,6-11-8)4-7-2-1-3-15-7/h1-3,8,11,14H,4-6H2,(H,12,13)/t8-,10?/m0/s1. The maximum Gasteiger partial charge on any atom is 0.320 e. The molecule has 2 rings (SSSR count). The van der Waals surface area contributed by atoms with Gasteiger partial charge >= 0.3 is 5.97 Å². The number of hydrogen-bond acceptors (Lipinski definition) is 4. The van der Waals surface area contributed by atoms with Gasteiger partial charge in [0, 0.05) is 24.3 Å². The second-order valence-electron chi connectivity index (χ2n) is 3.96. The molecule has 1 aromatic rings. The third-order valence-electron chi connectivity index (χ3n) is 2.64. The maximum absolute atomic E-state index is 10.7. The van der Waals surface area contributed by atoms with Crippen LogP contribution in [0.15, 0.2) is 17.5 Å². The van der Waals surface area contributed by atoms with Crippen molar-refractivity contribution < 1.29 is 15.0 Å². The third kappa shape index (κ3) is 2.37. The zero-order valence-corrected chi connectivity index (χ0v) is 8.96. The Balaban J connectivity index is 2.01. The van der Waals surface area contributed by atoms with Crippen molar-refractivity contribution in [2.45, 2.75) is 24.5 Å². The van der Waals surface area contributed by atoms with Crippen LogP contribution in [-0.2, 0) is 11.2 Å². The van der Waals surface area contributed by atoms with Crippen LogP contribution in [-0.4, -0.2) is 34.4 Å². The Labute approximate surface area is 91.6 Å². The highest BCUT2D eigenvalue weighted by Crippen LogP contribution is 2.25. The number of aliphatic carboxylic acids is 1. The summed E-state index contributed by atoms with van der Waals surface area (Å²) in [5.41, 5.74) is -0.909. The molecule has 1 aliphatic heterocycles. The third-order valence-corrected chi connectivity index (χ3v) is 3.52. The lowest BCUT2D eigenvalue weighted by Gasteiger charge is -2.20. The first-order valence-electron chi connectivity index (χ1n) is 4.80. The van der Waals surface area contributed by atoms with E-state index < -0.39 is 17.6 Å². The second-order valence-corrected chi connectivity index (χ2v) is 4.99. The van der Waals surface area contributed by atoms with E-state index in [1.54, 1.807) is 11.3 Å². The van der Waals surface area contributed by atoms with E-state index in [9.17, 15) is 9.90 Å². The van der Waals surface area contributed by atoms with Crippen molar-refractivity contribution in [2.24, 2.45) is 0 Å². The fourth-order valence-corrected chi connectivity index (χ4v) is 2.73. The normalized spacial score (nSPS) is 30.6. The van der Waals surface area contributed by atoms with Crippen molar-refractivity contribution in [1.82, 2.24) is 5.32 Å². The minimum Gasteiger partial charge on any atom is -0.480 e. The molecule has 4 nitrogen and oxygen atoms in total. The molecule has 15 heavy (non-hydrogen) atoms. The van der Waals surface area contributed by atoms with Crippen LogP contribution in [0.1, 0.15) is 11.3 Å². The number of β-amino-alcohol motifs (C(OH)–C–C–N with tert-alkyl or cyclic N) is 1. The summed E-state index contributed by atoms with van der Waals surface area (Å²) in [6.07, 6.45) is 0.807. The average Bonchev–Trinajstić information content (AvgIpc) is 2.75. The van der Waals surface area contributed by atoms with Gasteiger partial charge in [-0.2, -0.15) is 0 Å². The number of carboxylic acid groups (broad SMARTS) is 1. The lowest BCUT2D eigenvalue weighted by Crippen LogP contribution is -2.33. The Morgan fingerprint density at radius 2 is 2.53 bits per heavy atom. The molecular formula is C10H13NO3S. The van der Waals surface area contributed by atoms with Gasteiger partial charge in [-0.1, -0.05) is 6.07 Å². The highest BCUT2D eigenvalue weighted by molar-refractivity contribution is 7.09. The molecule has 3 N–H and O–H groups in total. The van der Waals surface area contributed by atoms with Gasteiger partial charge in [-0.15, -0.1) is 11.3 Å². The smallest absolute Gasteiger partial charge is 0.320 e. The molecule has 0 radical (unpaired) electrons. The number of aliphatic hydroxyl groups is 1. The van der Waals surface area contributed by atoms with E-state index in [1.165, 1.54) is 0 Å². The van der Waals surface area contributed by atoms with E-state index in [-0.39, 0.29) is 6.42 Å². The van der Waals surface area contributed by atoms with Gasteiger partial charge in [0.2, 0.25) is 0 Å². The average molecular weight is 227 g/mol. The lowest BCUT2D eigenvalue weighted by molar-refractivity contribution is -0.139. The fourth-order valence-electron chi connectivity index (χ4n) is 1.88. The predicted molar refractivity (Wildman–Crippen MR) is 57.0 cm³/mol. The Bertz CT molecular complexity index is 352. The molecule has 0 aliphatic carbocycles. The zero-order valence-electron chi connectivity index (χ0n) is 8.14. The molecule has 1 aromatic heterocycles. The SMILES string of the molecule is O=C(O)[C@@H]1CC(O)(Cc2cccs2)CN1. The molecule has 82 valence electrons. The first-order valence-corrected chi connectivity index (χ1v) is 5.68. The Morgan fingerprint density at radius 3 is 3.07 bits per heavy atom. The number of rotatable bonds is 3. The van der Waals surface area contributed by atoms with Crippen LogP contribution in [0, 0.1) is 0 Å². The molecule has 1 aliphatic rings. The van der Waals surface area contributed by atoms with Gasteiger partial charge in [0.15, 0.2) is 0 Å². The number of hydrogen-bond donors (Lipinski definition) is 3. The summed E-state index contributed by atoms with van der Waals surface area (Å²) in [7, 11) is 0. The van der Waals surface area contributed by atoms with E-state index in [2.05, 4.69) is 5.32 Å². The van der Waals surface area contributed by atoms with Gasteiger partial charge in [0.05, 0.1) is 5.60 Å². The maximum atomic E-state index is 10.7. The zero-order chi connectivity index (χ0) is 10.9. The Morgan fingerprint density at radius 1 is 1.73 bits per heavy atom. The van der Waals surface area contributed by atoms with Crippen molar-refractivity contribution in [3.8, 4) is 0 Å². The van der Waals surface area contributed by atoms with Gasteiger partial charge < -0.3 is 15.5 Å². The van der Waals surface area contributed by atoms with E-state index in [1.807, 2.05) is 17.5 Å². The van der Waals surface area contributed by atoms with E-state index in [4.69, 9.17) is 5.11 Å². The minimum atomic E-state index is -0.909. The minimum absolute atomic E-state index is 0.278. The summed E-state index contributed by atoms with van der Waals surface area (Å²) in [5, 5.41) is 23.7. The molecule has 0 spiro atoms. The molecule has 2 heterocycles. The molecule has 1 saturated heterocycles. The van der Waals surface area contributed by atoms with Gasteiger partial charge in [0.25, 0.3) is 0 Å². The lowest BCUT2D eigenvalue weighted by atomic mass is 9.95. The molecule has 1 fully saturated rings. The Kier molecular flexibility index (Phi) is 2.77. The van der Waals surface area contributed by atoms with Crippen LogP contribution >= 0.6 is 11.3 Å². The van der Waals surface area contributed by atoms with Crippen molar-refractivity contribution in [2.75, 3.05) is 6.54 Å². The van der Waals surface area contributed by atoms with Crippen LogP contribution in [0.3, 0.4) is 0 Å². The fraction of sp³-hybridized carbons (Fsp3) is 0.500. The van der Waals surface area contributed by atoms with Crippen molar-refractivity contribution in [3.05, 3.63) is 22.4 Å². The summed E-state index contributed by atoms with van der Waals surface area (Å²) in [6.45, 7) is 0.349. The largest absolute Gasteiger partial charge is 0.480 e. The monoisotopic (exact) mass is 227 g/mol. The summed E-state index contributed by atoms with van der Waals surface area (Å²) in [5.74, 6) is -0.892. The van der Waals surface area contributed by atoms with Crippen LogP contribution in [0.4, 0.5) is 0 Å². The van der Waals surface area contributed by atoms with E-state index in [0.717, 1.165) is 4.88 Å². The number of thiophene rings is 1. The number of carbonyl (C=O) groups is 1. The number of carboxylic acids is 1. The Hall–Kier alpha value is -0.910. The molecule has 0 amide bonds. The second kappa shape index (κ2) is 3.92. The van der Waals surface area contributed by atoms with Gasteiger partial charge in [-0.05, 0) is 11.4 Å².